The lowest BCUT2D eigenvalue weighted by Gasteiger charge is -2.29. The monoisotopic (exact) mass is 262 g/mol. The SMILES string of the molecule is Cc1ccccc1C(C)(C)CNCCC(C)(C)CN. The van der Waals surface area contributed by atoms with E-state index in [9.17, 15) is 0 Å². The molecule has 0 bridgehead atoms. The maximum Gasteiger partial charge on any atom is 0.00432 e. The van der Waals surface area contributed by atoms with Crippen molar-refractivity contribution < 1.29 is 0 Å². The van der Waals surface area contributed by atoms with E-state index in [2.05, 4.69) is 64.2 Å². The molecule has 2 nitrogen and oxygen atoms in total. The van der Waals surface area contributed by atoms with Gasteiger partial charge in [0, 0.05) is 12.0 Å². The van der Waals surface area contributed by atoms with Crippen LogP contribution in [-0.4, -0.2) is 19.6 Å². The summed E-state index contributed by atoms with van der Waals surface area (Å²) < 4.78 is 0. The Morgan fingerprint density at radius 3 is 2.32 bits per heavy atom. The number of nitrogens with one attached hydrogen (secondary N) is 1. The average Bonchev–Trinajstić information content (AvgIpc) is 2.35. The molecule has 0 fully saturated rings. The Morgan fingerprint density at radius 1 is 1.11 bits per heavy atom. The van der Waals surface area contributed by atoms with Gasteiger partial charge < -0.3 is 11.1 Å². The smallest absolute Gasteiger partial charge is 0.00432 e. The molecule has 0 spiro atoms. The first-order chi connectivity index (χ1) is 8.78. The lowest BCUT2D eigenvalue weighted by Crippen LogP contribution is -2.36. The predicted molar refractivity (Wildman–Crippen MR) is 84.5 cm³/mol. The molecule has 0 amide bonds. The van der Waals surface area contributed by atoms with Gasteiger partial charge in [0.15, 0.2) is 0 Å². The summed E-state index contributed by atoms with van der Waals surface area (Å²) in [5.74, 6) is 0. The van der Waals surface area contributed by atoms with Crippen molar-refractivity contribution in [3.8, 4) is 0 Å². The Labute approximate surface area is 118 Å². The first kappa shape index (κ1) is 16.2. The van der Waals surface area contributed by atoms with E-state index in [4.69, 9.17) is 5.73 Å². The molecule has 3 N–H and O–H groups in total. The molecule has 1 aromatic rings. The number of aryl methyl sites for hydroxylation is 1. The van der Waals surface area contributed by atoms with Crippen LogP contribution < -0.4 is 11.1 Å². The van der Waals surface area contributed by atoms with E-state index >= 15 is 0 Å². The van der Waals surface area contributed by atoms with Gasteiger partial charge in [0.1, 0.15) is 0 Å². The molecule has 108 valence electrons. The van der Waals surface area contributed by atoms with Gasteiger partial charge in [0.2, 0.25) is 0 Å². The first-order valence-electron chi connectivity index (χ1n) is 7.25. The summed E-state index contributed by atoms with van der Waals surface area (Å²) in [6, 6.07) is 8.66. The normalized spacial score (nSPS) is 12.7. The highest BCUT2D eigenvalue weighted by molar-refractivity contribution is 5.32. The predicted octanol–water partition coefficient (Wildman–Crippen LogP) is 3.24. The summed E-state index contributed by atoms with van der Waals surface area (Å²) in [5.41, 5.74) is 8.96. The fourth-order valence-electron chi connectivity index (χ4n) is 2.36. The molecule has 0 unspecified atom stereocenters. The molecule has 0 atom stereocenters. The molecule has 0 saturated carbocycles. The molecular weight excluding hydrogens is 232 g/mol. The molecule has 0 aromatic heterocycles. The number of hydrogen-bond donors (Lipinski definition) is 2. The van der Waals surface area contributed by atoms with Crippen molar-refractivity contribution in [3.05, 3.63) is 35.4 Å². The van der Waals surface area contributed by atoms with E-state index in [1.807, 2.05) is 0 Å². The van der Waals surface area contributed by atoms with Crippen LogP contribution in [0.4, 0.5) is 0 Å². The minimum absolute atomic E-state index is 0.165. The Balaban J connectivity index is 2.50. The molecule has 2 heteroatoms. The second-order valence-electron chi connectivity index (χ2n) is 6.99. The van der Waals surface area contributed by atoms with Gasteiger partial charge in [-0.15, -0.1) is 0 Å². The zero-order valence-corrected chi connectivity index (χ0v) is 13.2. The van der Waals surface area contributed by atoms with Crippen LogP contribution >= 0.6 is 0 Å². The van der Waals surface area contributed by atoms with Crippen molar-refractivity contribution in [2.45, 2.75) is 46.5 Å². The molecule has 0 aliphatic rings. The second kappa shape index (κ2) is 6.53. The van der Waals surface area contributed by atoms with Gasteiger partial charge in [-0.3, -0.25) is 0 Å². The molecule has 0 heterocycles. The van der Waals surface area contributed by atoms with Gasteiger partial charge in [-0.2, -0.15) is 0 Å². The lowest BCUT2D eigenvalue weighted by atomic mass is 9.82. The topological polar surface area (TPSA) is 38.0 Å². The summed E-state index contributed by atoms with van der Waals surface area (Å²) in [6.07, 6.45) is 1.12. The summed E-state index contributed by atoms with van der Waals surface area (Å²) in [4.78, 5) is 0. The number of nitrogens with two attached hydrogens (primary N) is 1. The minimum Gasteiger partial charge on any atom is -0.330 e. The third kappa shape index (κ3) is 4.96. The average molecular weight is 262 g/mol. The first-order valence-corrected chi connectivity index (χ1v) is 7.25. The van der Waals surface area contributed by atoms with Crippen LogP contribution in [0.2, 0.25) is 0 Å². The maximum absolute atomic E-state index is 5.76. The molecule has 1 aromatic carbocycles. The Hall–Kier alpha value is -0.860. The van der Waals surface area contributed by atoms with Crippen molar-refractivity contribution in [1.82, 2.24) is 5.32 Å². The van der Waals surface area contributed by atoms with Crippen LogP contribution in [0.5, 0.6) is 0 Å². The van der Waals surface area contributed by atoms with Crippen molar-refractivity contribution >= 4 is 0 Å². The summed E-state index contributed by atoms with van der Waals surface area (Å²) in [7, 11) is 0. The molecule has 0 saturated heterocycles. The fraction of sp³-hybridized carbons (Fsp3) is 0.647. The van der Waals surface area contributed by atoms with Crippen molar-refractivity contribution in [2.75, 3.05) is 19.6 Å². The van der Waals surface area contributed by atoms with Gasteiger partial charge in [-0.05, 0) is 43.0 Å². The third-order valence-corrected chi connectivity index (χ3v) is 3.97. The number of benzene rings is 1. The highest BCUT2D eigenvalue weighted by Crippen LogP contribution is 2.25. The van der Waals surface area contributed by atoms with Crippen molar-refractivity contribution in [2.24, 2.45) is 11.1 Å². The van der Waals surface area contributed by atoms with Crippen molar-refractivity contribution in [3.63, 3.8) is 0 Å². The summed E-state index contributed by atoms with van der Waals surface area (Å²) in [6.45, 7) is 14.0. The molecule has 0 radical (unpaired) electrons. The van der Waals surface area contributed by atoms with Crippen molar-refractivity contribution in [1.29, 1.82) is 0 Å². The van der Waals surface area contributed by atoms with E-state index in [1.54, 1.807) is 0 Å². The molecule has 0 aliphatic heterocycles. The maximum atomic E-state index is 5.76. The van der Waals surface area contributed by atoms with Crippen LogP contribution in [0, 0.1) is 12.3 Å². The lowest BCUT2D eigenvalue weighted by molar-refractivity contribution is 0.331. The van der Waals surface area contributed by atoms with Crippen LogP contribution in [0.1, 0.15) is 45.2 Å². The van der Waals surface area contributed by atoms with Crippen LogP contribution in [0.25, 0.3) is 0 Å². The van der Waals surface area contributed by atoms with E-state index in [0.717, 1.165) is 26.1 Å². The number of rotatable bonds is 7. The van der Waals surface area contributed by atoms with Crippen LogP contribution in [0.15, 0.2) is 24.3 Å². The Bertz CT molecular complexity index is 394. The summed E-state index contributed by atoms with van der Waals surface area (Å²) >= 11 is 0. The summed E-state index contributed by atoms with van der Waals surface area (Å²) in [5, 5.41) is 3.59. The second-order valence-corrected chi connectivity index (χ2v) is 6.99. The van der Waals surface area contributed by atoms with E-state index in [1.165, 1.54) is 11.1 Å². The van der Waals surface area contributed by atoms with E-state index < -0.39 is 0 Å². The van der Waals surface area contributed by atoms with E-state index in [0.29, 0.717) is 0 Å². The third-order valence-electron chi connectivity index (χ3n) is 3.97. The van der Waals surface area contributed by atoms with Gasteiger partial charge in [-0.25, -0.2) is 0 Å². The van der Waals surface area contributed by atoms with Gasteiger partial charge in [0.25, 0.3) is 0 Å². The van der Waals surface area contributed by atoms with Crippen LogP contribution in [-0.2, 0) is 5.41 Å². The van der Waals surface area contributed by atoms with Crippen LogP contribution in [0.3, 0.4) is 0 Å². The fourth-order valence-corrected chi connectivity index (χ4v) is 2.36. The number of hydrogen-bond acceptors (Lipinski definition) is 2. The Kier molecular flexibility index (Phi) is 5.57. The molecular formula is C17H30N2. The zero-order chi connectivity index (χ0) is 14.5. The molecule has 0 aliphatic carbocycles. The largest absolute Gasteiger partial charge is 0.330 e. The van der Waals surface area contributed by atoms with Gasteiger partial charge in [0.05, 0.1) is 0 Å². The highest BCUT2D eigenvalue weighted by Gasteiger charge is 2.22. The Morgan fingerprint density at radius 2 is 1.74 bits per heavy atom. The van der Waals surface area contributed by atoms with Gasteiger partial charge in [-0.1, -0.05) is 52.0 Å². The highest BCUT2D eigenvalue weighted by atomic mass is 14.9. The quantitative estimate of drug-likeness (QED) is 0.740. The minimum atomic E-state index is 0.165. The standard InChI is InChI=1S/C17H30N2/c1-14-8-6-7-9-15(14)17(4,5)13-19-11-10-16(2,3)12-18/h6-9,19H,10-13,18H2,1-5H3. The molecule has 19 heavy (non-hydrogen) atoms. The molecule has 1 rings (SSSR count). The van der Waals surface area contributed by atoms with E-state index in [-0.39, 0.29) is 10.8 Å². The zero-order valence-electron chi connectivity index (χ0n) is 13.2. The van der Waals surface area contributed by atoms with Gasteiger partial charge >= 0.3 is 0 Å².